The van der Waals surface area contributed by atoms with E-state index in [2.05, 4.69) is 15.3 Å². The molecular weight excluding hydrogens is 242 g/mol. The molecule has 1 amide bonds. The van der Waals surface area contributed by atoms with Gasteiger partial charge in [-0.2, -0.15) is 0 Å². The summed E-state index contributed by atoms with van der Waals surface area (Å²) in [5.41, 5.74) is 6.35. The number of carbonyl (C=O) groups is 1. The zero-order valence-electron chi connectivity index (χ0n) is 11.3. The highest BCUT2D eigenvalue weighted by molar-refractivity contribution is 5.79. The van der Waals surface area contributed by atoms with E-state index in [4.69, 9.17) is 5.73 Å². The Hall–Kier alpha value is -1.69. The second kappa shape index (κ2) is 6.47. The molecule has 6 heteroatoms. The first-order valence-corrected chi connectivity index (χ1v) is 6.71. The van der Waals surface area contributed by atoms with Crippen LogP contribution in [0.1, 0.15) is 31.2 Å². The lowest BCUT2D eigenvalue weighted by atomic mass is 10.2. The third-order valence-electron chi connectivity index (χ3n) is 3.42. The Balaban J connectivity index is 2.14. The van der Waals surface area contributed by atoms with Crippen LogP contribution in [0.25, 0.3) is 0 Å². The molecule has 0 unspecified atom stereocenters. The van der Waals surface area contributed by atoms with Crippen molar-refractivity contribution in [3.8, 4) is 0 Å². The van der Waals surface area contributed by atoms with E-state index in [0.29, 0.717) is 12.0 Å². The summed E-state index contributed by atoms with van der Waals surface area (Å²) in [6.07, 6.45) is 8.13. The van der Waals surface area contributed by atoms with Crippen LogP contribution in [-0.4, -0.2) is 35.5 Å². The number of amides is 1. The molecule has 0 spiro atoms. The Morgan fingerprint density at radius 1 is 1.42 bits per heavy atom. The minimum atomic E-state index is -0.338. The number of hydrogen-bond donors (Lipinski definition) is 2. The number of rotatable bonds is 6. The zero-order chi connectivity index (χ0) is 13.7. The third kappa shape index (κ3) is 3.64. The van der Waals surface area contributed by atoms with Crippen molar-refractivity contribution >= 4 is 11.9 Å². The van der Waals surface area contributed by atoms with Gasteiger partial charge in [-0.25, -0.2) is 9.97 Å². The van der Waals surface area contributed by atoms with Gasteiger partial charge in [-0.1, -0.05) is 12.8 Å². The molecule has 0 radical (unpaired) electrons. The van der Waals surface area contributed by atoms with Gasteiger partial charge in [0.25, 0.3) is 0 Å². The molecule has 0 bridgehead atoms. The van der Waals surface area contributed by atoms with Gasteiger partial charge in [-0.05, 0) is 19.9 Å². The number of nitrogens with zero attached hydrogens (tertiary/aromatic N) is 3. The van der Waals surface area contributed by atoms with Crippen molar-refractivity contribution < 1.29 is 4.79 Å². The van der Waals surface area contributed by atoms with Crippen LogP contribution in [0.3, 0.4) is 0 Å². The Labute approximate surface area is 113 Å². The van der Waals surface area contributed by atoms with Crippen LogP contribution in [0.15, 0.2) is 12.4 Å². The molecule has 19 heavy (non-hydrogen) atoms. The minimum Gasteiger partial charge on any atom is -0.368 e. The Kier molecular flexibility index (Phi) is 4.68. The molecular formula is C13H21N5O. The highest BCUT2D eigenvalue weighted by Gasteiger charge is 2.25. The van der Waals surface area contributed by atoms with E-state index >= 15 is 0 Å². The van der Waals surface area contributed by atoms with Gasteiger partial charge in [-0.3, -0.25) is 4.79 Å². The van der Waals surface area contributed by atoms with Crippen LogP contribution in [0.2, 0.25) is 0 Å². The van der Waals surface area contributed by atoms with Gasteiger partial charge >= 0.3 is 0 Å². The SMILES string of the molecule is CNCc1cnc(N(CC(N)=O)C2CCCC2)nc1. The molecule has 2 rings (SSSR count). The maximum atomic E-state index is 11.2. The largest absolute Gasteiger partial charge is 0.368 e. The summed E-state index contributed by atoms with van der Waals surface area (Å²) in [5.74, 6) is 0.264. The van der Waals surface area contributed by atoms with E-state index in [1.807, 2.05) is 11.9 Å². The van der Waals surface area contributed by atoms with E-state index < -0.39 is 0 Å². The topological polar surface area (TPSA) is 84.1 Å². The van der Waals surface area contributed by atoms with E-state index in [0.717, 1.165) is 24.9 Å². The van der Waals surface area contributed by atoms with Crippen LogP contribution in [0, 0.1) is 0 Å². The first-order valence-electron chi connectivity index (χ1n) is 6.71. The summed E-state index contributed by atoms with van der Waals surface area (Å²) >= 11 is 0. The smallest absolute Gasteiger partial charge is 0.237 e. The summed E-state index contributed by atoms with van der Waals surface area (Å²) < 4.78 is 0. The highest BCUT2D eigenvalue weighted by atomic mass is 16.1. The summed E-state index contributed by atoms with van der Waals surface area (Å²) in [6.45, 7) is 0.926. The molecule has 1 aromatic heterocycles. The summed E-state index contributed by atoms with van der Waals surface area (Å²) in [4.78, 5) is 21.9. The Bertz CT molecular complexity index is 414. The molecule has 0 aromatic carbocycles. The number of aromatic nitrogens is 2. The first-order chi connectivity index (χ1) is 9.20. The van der Waals surface area contributed by atoms with Gasteiger partial charge in [-0.15, -0.1) is 0 Å². The lowest BCUT2D eigenvalue weighted by molar-refractivity contribution is -0.116. The Morgan fingerprint density at radius 2 is 2.05 bits per heavy atom. The number of nitrogens with one attached hydrogen (secondary N) is 1. The molecule has 1 fully saturated rings. The average Bonchev–Trinajstić information content (AvgIpc) is 2.91. The highest BCUT2D eigenvalue weighted by Crippen LogP contribution is 2.25. The van der Waals surface area contributed by atoms with E-state index in [1.165, 1.54) is 12.8 Å². The monoisotopic (exact) mass is 263 g/mol. The van der Waals surface area contributed by atoms with Gasteiger partial charge in [0.05, 0.1) is 6.54 Å². The predicted octanol–water partition coefficient (Wildman–Crippen LogP) is 0.430. The van der Waals surface area contributed by atoms with Crippen molar-refractivity contribution in [3.63, 3.8) is 0 Å². The van der Waals surface area contributed by atoms with Crippen molar-refractivity contribution in [3.05, 3.63) is 18.0 Å². The van der Waals surface area contributed by atoms with Crippen molar-refractivity contribution in [2.24, 2.45) is 5.73 Å². The molecule has 6 nitrogen and oxygen atoms in total. The second-order valence-electron chi connectivity index (χ2n) is 4.95. The number of primary amides is 1. The fraction of sp³-hybridized carbons (Fsp3) is 0.615. The molecule has 0 saturated heterocycles. The van der Waals surface area contributed by atoms with Gasteiger partial charge in [0, 0.05) is 30.5 Å². The maximum Gasteiger partial charge on any atom is 0.237 e. The lowest BCUT2D eigenvalue weighted by Crippen LogP contribution is -2.41. The summed E-state index contributed by atoms with van der Waals surface area (Å²) in [5, 5.41) is 3.05. The molecule has 1 saturated carbocycles. The lowest BCUT2D eigenvalue weighted by Gasteiger charge is -2.27. The standard InChI is InChI=1S/C13H21N5O/c1-15-6-10-7-16-13(17-8-10)18(9-12(14)19)11-4-2-3-5-11/h7-8,11,15H,2-6,9H2,1H3,(H2,14,19). The fourth-order valence-electron chi connectivity index (χ4n) is 2.54. The third-order valence-corrected chi connectivity index (χ3v) is 3.42. The molecule has 0 atom stereocenters. The number of hydrogen-bond acceptors (Lipinski definition) is 5. The van der Waals surface area contributed by atoms with Crippen LogP contribution < -0.4 is 16.0 Å². The van der Waals surface area contributed by atoms with Crippen LogP contribution in [-0.2, 0) is 11.3 Å². The van der Waals surface area contributed by atoms with Gasteiger partial charge in [0.2, 0.25) is 11.9 Å². The van der Waals surface area contributed by atoms with Crippen molar-refractivity contribution in [1.82, 2.24) is 15.3 Å². The summed E-state index contributed by atoms with van der Waals surface area (Å²) in [6, 6.07) is 0.336. The van der Waals surface area contributed by atoms with Crippen LogP contribution in [0.5, 0.6) is 0 Å². The molecule has 1 aromatic rings. The normalized spacial score (nSPS) is 15.6. The minimum absolute atomic E-state index is 0.191. The average molecular weight is 263 g/mol. The number of carbonyl (C=O) groups excluding carboxylic acids is 1. The summed E-state index contributed by atoms with van der Waals surface area (Å²) in [7, 11) is 1.88. The quantitative estimate of drug-likeness (QED) is 0.777. The fourth-order valence-corrected chi connectivity index (χ4v) is 2.54. The van der Waals surface area contributed by atoms with Gasteiger partial charge in [0.1, 0.15) is 0 Å². The number of anilines is 1. The molecule has 104 valence electrons. The van der Waals surface area contributed by atoms with Crippen molar-refractivity contribution in [2.45, 2.75) is 38.3 Å². The Morgan fingerprint density at radius 3 is 2.58 bits per heavy atom. The molecule has 0 aliphatic heterocycles. The molecule has 3 N–H and O–H groups in total. The van der Waals surface area contributed by atoms with E-state index in [-0.39, 0.29) is 12.5 Å². The first kappa shape index (κ1) is 13.7. The van der Waals surface area contributed by atoms with Gasteiger partial charge in [0.15, 0.2) is 0 Å². The van der Waals surface area contributed by atoms with Gasteiger partial charge < -0.3 is 16.0 Å². The van der Waals surface area contributed by atoms with Crippen LogP contribution in [0.4, 0.5) is 5.95 Å². The van der Waals surface area contributed by atoms with Crippen LogP contribution >= 0.6 is 0 Å². The second-order valence-corrected chi connectivity index (χ2v) is 4.95. The molecule has 1 heterocycles. The van der Waals surface area contributed by atoms with Crippen molar-refractivity contribution in [1.29, 1.82) is 0 Å². The predicted molar refractivity (Wildman–Crippen MR) is 73.6 cm³/mol. The van der Waals surface area contributed by atoms with E-state index in [1.54, 1.807) is 12.4 Å². The van der Waals surface area contributed by atoms with E-state index in [9.17, 15) is 4.79 Å². The number of nitrogens with two attached hydrogens (primary N) is 1. The molecule has 1 aliphatic rings. The molecule has 1 aliphatic carbocycles. The van der Waals surface area contributed by atoms with Crippen molar-refractivity contribution in [2.75, 3.05) is 18.5 Å². The maximum absolute atomic E-state index is 11.2. The zero-order valence-corrected chi connectivity index (χ0v) is 11.3.